The van der Waals surface area contributed by atoms with Gasteiger partial charge in [-0.3, -0.25) is 4.90 Å². The molecular formula is C14H16N4O. The van der Waals surface area contributed by atoms with Gasteiger partial charge < -0.3 is 15.6 Å². The highest BCUT2D eigenvalue weighted by molar-refractivity contribution is 5.95. The molecule has 5 heteroatoms. The predicted octanol–water partition coefficient (Wildman–Crippen LogP) is 2.21. The Bertz CT molecular complexity index is 593. The molecule has 1 aliphatic rings. The van der Waals surface area contributed by atoms with E-state index in [-0.39, 0.29) is 12.1 Å². The summed E-state index contributed by atoms with van der Waals surface area (Å²) in [7, 11) is 1.83. The van der Waals surface area contributed by atoms with Crippen LogP contribution in [0.5, 0.6) is 0 Å². The molecule has 3 N–H and O–H groups in total. The molecule has 0 aliphatic carbocycles. The summed E-state index contributed by atoms with van der Waals surface area (Å²) in [4.78, 5) is 18.9. The lowest BCUT2D eigenvalue weighted by Crippen LogP contribution is -2.29. The van der Waals surface area contributed by atoms with E-state index in [1.54, 1.807) is 9.80 Å². The summed E-state index contributed by atoms with van der Waals surface area (Å²) in [5.74, 6) is 0. The summed E-state index contributed by atoms with van der Waals surface area (Å²) in [6.07, 6.45) is 3.80. The summed E-state index contributed by atoms with van der Waals surface area (Å²) in [5.41, 5.74) is 8.40. The van der Waals surface area contributed by atoms with E-state index >= 15 is 0 Å². The molecular weight excluding hydrogens is 240 g/mol. The quantitative estimate of drug-likeness (QED) is 0.809. The van der Waals surface area contributed by atoms with Crippen LogP contribution in [0, 0.1) is 0 Å². The van der Waals surface area contributed by atoms with Gasteiger partial charge in [-0.2, -0.15) is 0 Å². The van der Waals surface area contributed by atoms with Gasteiger partial charge in [0.05, 0.1) is 12.6 Å². The Morgan fingerprint density at radius 3 is 2.89 bits per heavy atom. The third-order valence-corrected chi connectivity index (χ3v) is 3.54. The fraction of sp³-hybridized carbons (Fsp3) is 0.214. The highest BCUT2D eigenvalue weighted by Gasteiger charge is 2.36. The molecule has 1 unspecified atom stereocenters. The first-order valence-electron chi connectivity index (χ1n) is 6.19. The van der Waals surface area contributed by atoms with Gasteiger partial charge in [0, 0.05) is 30.8 Å². The molecule has 1 saturated heterocycles. The van der Waals surface area contributed by atoms with Crippen molar-refractivity contribution in [1.82, 2.24) is 9.88 Å². The van der Waals surface area contributed by atoms with Crippen LogP contribution in [0.1, 0.15) is 11.6 Å². The van der Waals surface area contributed by atoms with Gasteiger partial charge in [0.25, 0.3) is 0 Å². The predicted molar refractivity (Wildman–Crippen MR) is 74.9 cm³/mol. The van der Waals surface area contributed by atoms with Gasteiger partial charge in [-0.15, -0.1) is 0 Å². The first-order chi connectivity index (χ1) is 9.16. The Labute approximate surface area is 111 Å². The largest absolute Gasteiger partial charge is 0.399 e. The molecule has 0 saturated carbocycles. The number of carbonyl (C=O) groups is 1. The number of nitrogens with two attached hydrogens (primary N) is 1. The van der Waals surface area contributed by atoms with Crippen LogP contribution in [0.2, 0.25) is 0 Å². The Hall–Kier alpha value is -2.43. The molecule has 19 heavy (non-hydrogen) atoms. The molecule has 3 rings (SSSR count). The number of carbonyl (C=O) groups excluding carboxylic acids is 1. The number of hydrogen-bond acceptors (Lipinski definition) is 2. The molecule has 1 aromatic carbocycles. The molecule has 2 heterocycles. The highest BCUT2D eigenvalue weighted by atomic mass is 16.2. The summed E-state index contributed by atoms with van der Waals surface area (Å²) in [6.45, 7) is 0.636. The normalized spacial score (nSPS) is 19.2. The molecule has 1 fully saturated rings. The minimum atomic E-state index is -0.00296. The van der Waals surface area contributed by atoms with Crippen LogP contribution >= 0.6 is 0 Å². The van der Waals surface area contributed by atoms with Crippen molar-refractivity contribution < 1.29 is 4.79 Å². The zero-order valence-electron chi connectivity index (χ0n) is 10.7. The second-order valence-electron chi connectivity index (χ2n) is 4.76. The van der Waals surface area contributed by atoms with Crippen molar-refractivity contribution in [3.8, 4) is 0 Å². The average Bonchev–Trinajstić information content (AvgIpc) is 3.00. The Morgan fingerprint density at radius 1 is 1.37 bits per heavy atom. The Kier molecular flexibility index (Phi) is 2.67. The van der Waals surface area contributed by atoms with E-state index in [2.05, 4.69) is 4.98 Å². The van der Waals surface area contributed by atoms with E-state index in [1.165, 1.54) is 0 Å². The summed E-state index contributed by atoms with van der Waals surface area (Å²) in [5, 5.41) is 0. The van der Waals surface area contributed by atoms with Gasteiger partial charge in [-0.05, 0) is 29.8 Å². The van der Waals surface area contributed by atoms with E-state index in [4.69, 9.17) is 5.73 Å². The zero-order chi connectivity index (χ0) is 13.4. The van der Waals surface area contributed by atoms with Crippen molar-refractivity contribution >= 4 is 17.4 Å². The SMILES string of the molecule is CN1C(=O)N(c2cccc(N)c2)CC1c1cc[nH]c1. The van der Waals surface area contributed by atoms with Gasteiger partial charge in [0.1, 0.15) is 0 Å². The monoisotopic (exact) mass is 256 g/mol. The van der Waals surface area contributed by atoms with Crippen LogP contribution in [-0.4, -0.2) is 29.5 Å². The number of benzene rings is 1. The number of hydrogen-bond donors (Lipinski definition) is 2. The zero-order valence-corrected chi connectivity index (χ0v) is 10.7. The standard InChI is InChI=1S/C14H16N4O/c1-17-13(10-5-6-16-8-10)9-18(14(17)19)12-4-2-3-11(15)7-12/h2-8,13,16H,9,15H2,1H3. The van der Waals surface area contributed by atoms with Crippen molar-refractivity contribution in [3.05, 3.63) is 48.3 Å². The number of nitrogens with one attached hydrogen (secondary N) is 1. The third kappa shape index (κ3) is 1.93. The van der Waals surface area contributed by atoms with Gasteiger partial charge in [0.2, 0.25) is 0 Å². The average molecular weight is 256 g/mol. The van der Waals surface area contributed by atoms with Crippen molar-refractivity contribution in [2.24, 2.45) is 0 Å². The molecule has 1 atom stereocenters. The van der Waals surface area contributed by atoms with Crippen LogP contribution in [-0.2, 0) is 0 Å². The fourth-order valence-corrected chi connectivity index (χ4v) is 2.48. The number of likely N-dealkylation sites (N-methyl/N-ethyl adjacent to an activating group) is 1. The van der Waals surface area contributed by atoms with E-state index in [0.29, 0.717) is 12.2 Å². The topological polar surface area (TPSA) is 65.4 Å². The van der Waals surface area contributed by atoms with Gasteiger partial charge in [0.15, 0.2) is 0 Å². The van der Waals surface area contributed by atoms with E-state index < -0.39 is 0 Å². The van der Waals surface area contributed by atoms with Crippen LogP contribution in [0.4, 0.5) is 16.2 Å². The number of nitrogens with zero attached hydrogens (tertiary/aromatic N) is 2. The highest BCUT2D eigenvalue weighted by Crippen LogP contribution is 2.32. The second-order valence-corrected chi connectivity index (χ2v) is 4.76. The molecule has 1 aliphatic heterocycles. The van der Waals surface area contributed by atoms with Crippen LogP contribution in [0.25, 0.3) is 0 Å². The number of rotatable bonds is 2. The summed E-state index contributed by atoms with van der Waals surface area (Å²) < 4.78 is 0. The maximum Gasteiger partial charge on any atom is 0.324 e. The molecule has 0 radical (unpaired) electrons. The maximum absolute atomic E-state index is 12.3. The number of aromatic amines is 1. The van der Waals surface area contributed by atoms with Crippen molar-refractivity contribution in [2.75, 3.05) is 24.2 Å². The molecule has 0 spiro atoms. The Balaban J connectivity index is 1.91. The number of amides is 2. The van der Waals surface area contributed by atoms with Crippen LogP contribution in [0.15, 0.2) is 42.7 Å². The van der Waals surface area contributed by atoms with E-state index in [1.807, 2.05) is 49.8 Å². The van der Waals surface area contributed by atoms with Crippen LogP contribution in [0.3, 0.4) is 0 Å². The molecule has 98 valence electrons. The minimum absolute atomic E-state index is 0.00296. The van der Waals surface area contributed by atoms with Gasteiger partial charge >= 0.3 is 6.03 Å². The number of urea groups is 1. The number of aromatic nitrogens is 1. The lowest BCUT2D eigenvalue weighted by molar-refractivity contribution is 0.219. The molecule has 0 bridgehead atoms. The van der Waals surface area contributed by atoms with Gasteiger partial charge in [-0.25, -0.2) is 4.79 Å². The Morgan fingerprint density at radius 2 is 2.21 bits per heavy atom. The maximum atomic E-state index is 12.3. The number of nitrogen functional groups attached to an aromatic ring is 1. The lowest BCUT2D eigenvalue weighted by atomic mass is 10.1. The molecule has 2 aromatic rings. The van der Waals surface area contributed by atoms with Crippen LogP contribution < -0.4 is 10.6 Å². The van der Waals surface area contributed by atoms with E-state index in [9.17, 15) is 4.79 Å². The lowest BCUT2D eigenvalue weighted by Gasteiger charge is -2.16. The smallest absolute Gasteiger partial charge is 0.324 e. The summed E-state index contributed by atoms with van der Waals surface area (Å²) >= 11 is 0. The number of H-pyrrole nitrogens is 1. The van der Waals surface area contributed by atoms with Crippen molar-refractivity contribution in [3.63, 3.8) is 0 Å². The van der Waals surface area contributed by atoms with Crippen molar-refractivity contribution in [1.29, 1.82) is 0 Å². The number of anilines is 2. The van der Waals surface area contributed by atoms with Gasteiger partial charge in [-0.1, -0.05) is 6.07 Å². The summed E-state index contributed by atoms with van der Waals surface area (Å²) in [6, 6.07) is 9.47. The third-order valence-electron chi connectivity index (χ3n) is 3.54. The first kappa shape index (κ1) is 11.6. The van der Waals surface area contributed by atoms with Crippen molar-refractivity contribution in [2.45, 2.75) is 6.04 Å². The van der Waals surface area contributed by atoms with E-state index in [0.717, 1.165) is 11.3 Å². The first-order valence-corrected chi connectivity index (χ1v) is 6.19. The fourth-order valence-electron chi connectivity index (χ4n) is 2.48. The second kappa shape index (κ2) is 4.35. The molecule has 1 aromatic heterocycles. The minimum Gasteiger partial charge on any atom is -0.399 e. The molecule has 5 nitrogen and oxygen atoms in total. The molecule has 2 amide bonds.